The third-order valence-electron chi connectivity index (χ3n) is 15.8. The van der Waals surface area contributed by atoms with Gasteiger partial charge in [-0.05, 0) is 191 Å². The van der Waals surface area contributed by atoms with Crippen molar-refractivity contribution < 1.29 is 132 Å². The lowest BCUT2D eigenvalue weighted by Gasteiger charge is -2.34. The van der Waals surface area contributed by atoms with Crippen molar-refractivity contribution in [2.24, 2.45) is 53.3 Å². The first-order valence-electron chi connectivity index (χ1n) is 42.4. The van der Waals surface area contributed by atoms with E-state index in [-0.39, 0.29) is 72.1 Å². The predicted octanol–water partition coefficient (Wildman–Crippen LogP) is 21.4. The van der Waals surface area contributed by atoms with Gasteiger partial charge in [0.2, 0.25) is 33.2 Å². The number of ketones is 2. The monoisotopic (exact) mass is 1810 g/mol. The maximum absolute atomic E-state index is 13.0. The summed E-state index contributed by atoms with van der Waals surface area (Å²) < 4.78 is 108. The zero-order valence-corrected chi connectivity index (χ0v) is 84.5. The summed E-state index contributed by atoms with van der Waals surface area (Å²) in [6, 6.07) is 14.2. The molecule has 0 radical (unpaired) electrons. The number of amides is 1. The number of phosphoric ester groups is 1. The van der Waals surface area contributed by atoms with Crippen molar-refractivity contribution in [3.63, 3.8) is 0 Å². The molecular weight excluding hydrogens is 1650 g/mol. The highest BCUT2D eigenvalue weighted by Crippen LogP contribution is 2.56. The Hall–Kier alpha value is -7.22. The zero-order chi connectivity index (χ0) is 97.3. The summed E-state index contributed by atoms with van der Waals surface area (Å²) in [6.45, 7) is 70.4. The van der Waals surface area contributed by atoms with Crippen LogP contribution in [0.15, 0.2) is 72.8 Å². The summed E-state index contributed by atoms with van der Waals surface area (Å²) in [6.07, 6.45) is 4.39. The number of carbonyl (C=O) groups excluding carboxylic acids is 11. The number of esters is 7. The minimum absolute atomic E-state index is 0.0432. The summed E-state index contributed by atoms with van der Waals surface area (Å²) in [5, 5.41) is 2.71. The molecule has 714 valence electrons. The number of ether oxygens (including phenoxy) is 9. The van der Waals surface area contributed by atoms with Gasteiger partial charge in [-0.2, -0.15) is 0 Å². The van der Waals surface area contributed by atoms with E-state index >= 15 is 0 Å². The summed E-state index contributed by atoms with van der Waals surface area (Å²) in [4.78, 5) is 120. The van der Waals surface area contributed by atoms with Gasteiger partial charge in [0.1, 0.15) is 24.1 Å². The van der Waals surface area contributed by atoms with Gasteiger partial charge in [0.15, 0.2) is 5.78 Å². The van der Waals surface area contributed by atoms with Crippen LogP contribution in [0.2, 0.25) is 0 Å². The Balaban J connectivity index is -0.000000256. The van der Waals surface area contributed by atoms with Gasteiger partial charge < -0.3 is 61.8 Å². The highest BCUT2D eigenvalue weighted by atomic mass is 31.2. The normalized spacial score (nSPS) is 13.6. The molecule has 8 unspecified atom stereocenters. The second-order valence-electron chi connectivity index (χ2n) is 32.7. The molecule has 0 heterocycles. The number of aryl methyl sites for hydroxylation is 1. The molecule has 8 atom stereocenters. The summed E-state index contributed by atoms with van der Waals surface area (Å²) >= 11 is 0. The third kappa shape index (κ3) is 85.4. The molecule has 0 saturated carbocycles. The summed E-state index contributed by atoms with van der Waals surface area (Å²) in [5.41, 5.74) is 2.09. The standard InChI is InChI=1S/C17H27O4P.C15H29O9P.C15H23O4P.C11H18O4.C9H14O3.C7H14O2.C6H13NO.C6H12O.C5H12/c1-6-20-22(5,19)12-11-15-7-9-16(10-8-15)17(18)21-14(4)13(2)3;1-9-19-14(17)21-13(6)23-25(18,22-12(5)20-11(4)16)24-15(7,8)10(2)3;1-5-19-20(4,17)11-13-6-8-14(9-7-13)15(16)18-10-12(2)3;1-5-14-10(12)6-7-11(13)15-9(4)8(2)3;1-7(2)6-12-9(11)5-4-8(3)10;1-5(2)6(3)9-7(4)8;1-5(2)4-7-6(3)8;1-5(2)4-6(3)7;1-4-5(2)3/h7-10,13-14H,6,11-12H2,1-5H3;10,12-13H,9H2,1-8H3;6-9,12H,5,10-11H2,1-4H3;6-9H,5H2,1-4H3;4-5,7H,6H2,1-3H3;5-6H,1-4H3;5H,4H2,1-3H3,(H,7,8);5H,4H2,1-3H3;5H,4H2,1-3H3/b;;;7-6+;5-4+;;;;. The molecule has 0 fully saturated rings. The SMILES string of the molecule is CC(=O)/C=C/C(=O)OCC(C)C.CC(=O)CC(C)C.CC(=O)NCC(C)C.CC(=O)OC(C)C(C)C.CCC(C)C.CCOC(=O)/C=C/C(=O)OC(C)C(C)C.CCOC(=O)OC(C)OP(=O)(OC(C)OC(C)=O)OC(C)(C)C(C)C.CCOP(C)(=O)CCc1ccc(C(=O)OC(C)C(C)C)cc1.CCOP(C)(=O)Cc1ccc(C(=O)OCC(C)C)cc1. The topological polar surface area (TPSA) is 380 Å². The largest absolute Gasteiger partial charge is 0.510 e. The van der Waals surface area contributed by atoms with Gasteiger partial charge in [-0.15, -0.1) is 0 Å². The van der Waals surface area contributed by atoms with Crippen LogP contribution in [0.5, 0.6) is 0 Å². The van der Waals surface area contributed by atoms with Crippen molar-refractivity contribution in [1.82, 2.24) is 5.32 Å². The highest BCUT2D eigenvalue weighted by Gasteiger charge is 2.41. The number of benzene rings is 2. The number of hydrogen-bond donors (Lipinski definition) is 1. The number of Topliss-reactive ketones (excluding diaryl/α,β-unsaturated/α-hetero) is 1. The average Bonchev–Trinajstić information content (AvgIpc) is 0.819. The molecule has 0 aliphatic carbocycles. The van der Waals surface area contributed by atoms with Crippen LogP contribution in [-0.2, 0) is 130 Å². The average molecular weight is 1810 g/mol. The molecule has 1 amide bonds. The van der Waals surface area contributed by atoms with Crippen LogP contribution in [0.4, 0.5) is 4.79 Å². The molecule has 0 aromatic heterocycles. The minimum atomic E-state index is -4.25. The van der Waals surface area contributed by atoms with Crippen LogP contribution < -0.4 is 5.32 Å². The van der Waals surface area contributed by atoms with Crippen molar-refractivity contribution in [3.8, 4) is 0 Å². The Morgan fingerprint density at radius 2 is 0.821 bits per heavy atom. The first-order chi connectivity index (χ1) is 56.4. The Kier molecular flexibility index (Phi) is 76.4. The Morgan fingerprint density at radius 1 is 0.423 bits per heavy atom. The number of phosphoric acid groups is 1. The minimum Gasteiger partial charge on any atom is -0.463 e. The van der Waals surface area contributed by atoms with Crippen molar-refractivity contribution in [3.05, 3.63) is 95.1 Å². The van der Waals surface area contributed by atoms with Crippen molar-refractivity contribution in [2.45, 2.75) is 304 Å². The molecule has 0 saturated heterocycles. The predicted molar refractivity (Wildman–Crippen MR) is 486 cm³/mol. The van der Waals surface area contributed by atoms with Crippen molar-refractivity contribution in [1.29, 1.82) is 0 Å². The molecule has 2 aromatic carbocycles. The van der Waals surface area contributed by atoms with Gasteiger partial charge in [-0.1, -0.05) is 162 Å². The van der Waals surface area contributed by atoms with Gasteiger partial charge in [-0.3, -0.25) is 32.8 Å². The van der Waals surface area contributed by atoms with Gasteiger partial charge in [-0.25, -0.2) is 42.4 Å². The quantitative estimate of drug-likeness (QED) is 0.0212. The number of allylic oxidation sites excluding steroid dienone is 1. The summed E-state index contributed by atoms with van der Waals surface area (Å²) in [5.74, 6) is 0.728. The summed E-state index contributed by atoms with van der Waals surface area (Å²) in [7, 11) is -9.35. The Labute approximate surface area is 739 Å². The first kappa shape index (κ1) is 129. The molecule has 2 rings (SSSR count). The number of carbonyl (C=O) groups is 11. The first-order valence-corrected chi connectivity index (χ1v) is 48.4. The van der Waals surface area contributed by atoms with E-state index in [1.807, 2.05) is 137 Å². The number of nitrogens with one attached hydrogen (secondary N) is 1. The van der Waals surface area contributed by atoms with Crippen LogP contribution in [0, 0.1) is 53.3 Å². The molecular formula is C91H162NO28P3. The fourth-order valence-corrected chi connectivity index (χ4v) is 12.0. The molecule has 0 aliphatic rings. The fraction of sp³-hybridized carbons (Fsp3) is 0.703. The molecule has 32 heteroatoms. The van der Waals surface area contributed by atoms with E-state index in [0.717, 1.165) is 48.2 Å². The lowest BCUT2D eigenvalue weighted by atomic mass is 9.95. The van der Waals surface area contributed by atoms with E-state index in [1.54, 1.807) is 91.3 Å². The molecule has 2 aromatic rings. The zero-order valence-electron chi connectivity index (χ0n) is 81.8. The van der Waals surface area contributed by atoms with Crippen LogP contribution in [0.25, 0.3) is 0 Å². The third-order valence-corrected chi connectivity index (χ3v) is 21.2. The van der Waals surface area contributed by atoms with Gasteiger partial charge in [0, 0.05) is 77.6 Å². The second kappa shape index (κ2) is 72.9. The molecule has 0 aliphatic heterocycles. The van der Waals surface area contributed by atoms with Crippen molar-refractivity contribution in [2.75, 3.05) is 65.7 Å². The smallest absolute Gasteiger partial charge is 0.463 e. The van der Waals surface area contributed by atoms with Crippen LogP contribution in [0.1, 0.15) is 287 Å². The lowest BCUT2D eigenvalue weighted by Crippen LogP contribution is -2.32. The van der Waals surface area contributed by atoms with E-state index < -0.39 is 70.8 Å². The number of rotatable bonds is 41. The van der Waals surface area contributed by atoms with Gasteiger partial charge in [0.05, 0.1) is 56.4 Å². The second-order valence-corrected chi connectivity index (χ2v) is 39.6. The number of hydrogen-bond acceptors (Lipinski definition) is 28. The maximum Gasteiger partial charge on any atom is 0.510 e. The lowest BCUT2D eigenvalue weighted by molar-refractivity contribution is -0.164. The Bertz CT molecular complexity index is 3470. The van der Waals surface area contributed by atoms with Crippen LogP contribution in [0.3, 0.4) is 0 Å². The van der Waals surface area contributed by atoms with Crippen LogP contribution >= 0.6 is 22.6 Å². The molecule has 1 N–H and O–H groups in total. The van der Waals surface area contributed by atoms with E-state index in [1.165, 1.54) is 54.0 Å². The van der Waals surface area contributed by atoms with E-state index in [9.17, 15) is 66.4 Å². The van der Waals surface area contributed by atoms with Crippen molar-refractivity contribution >= 4 is 88.0 Å². The molecule has 29 nitrogen and oxygen atoms in total. The molecule has 0 bridgehead atoms. The van der Waals surface area contributed by atoms with E-state index in [2.05, 4.69) is 49.4 Å². The Morgan fingerprint density at radius 3 is 1.18 bits per heavy atom. The molecule has 123 heavy (non-hydrogen) atoms. The highest BCUT2D eigenvalue weighted by molar-refractivity contribution is 7.58. The van der Waals surface area contributed by atoms with Crippen LogP contribution in [-0.4, -0.2) is 168 Å². The van der Waals surface area contributed by atoms with E-state index in [4.69, 9.17) is 55.8 Å². The van der Waals surface area contributed by atoms with Gasteiger partial charge >= 0.3 is 55.8 Å². The maximum atomic E-state index is 13.0. The van der Waals surface area contributed by atoms with Gasteiger partial charge in [0.25, 0.3) is 0 Å². The fourth-order valence-electron chi connectivity index (χ4n) is 7.45. The van der Waals surface area contributed by atoms with E-state index in [0.29, 0.717) is 98.4 Å². The molecule has 0 spiro atoms.